The van der Waals surface area contributed by atoms with Crippen LogP contribution in [-0.2, 0) is 135 Å². The smallest absolute Gasteiger partial charge is 0.357 e. The Hall–Kier alpha value is -8.22. The van der Waals surface area contributed by atoms with E-state index in [2.05, 4.69) is 0 Å². The number of fused-ring (bicyclic) bond motifs is 20. The molecule has 3 aromatic heterocycles. The Kier molecular flexibility index (Phi) is 40.5. The van der Waals surface area contributed by atoms with E-state index in [1.54, 1.807) is 27.7 Å². The van der Waals surface area contributed by atoms with Crippen LogP contribution in [0.25, 0.3) is 89.7 Å². The van der Waals surface area contributed by atoms with Gasteiger partial charge in [-0.15, -0.1) is 0 Å². The summed E-state index contributed by atoms with van der Waals surface area (Å²) in [5.41, 5.74) is 5.78. The molecule has 6 aliphatic rings. The fourth-order valence-corrected chi connectivity index (χ4v) is 24.2. The third-order valence-electron chi connectivity index (χ3n) is 20.0. The van der Waals surface area contributed by atoms with E-state index < -0.39 is 207 Å². The van der Waals surface area contributed by atoms with E-state index >= 15 is 0 Å². The van der Waals surface area contributed by atoms with Crippen LogP contribution in [0.15, 0.2) is 97.1 Å². The average Bonchev–Trinajstić information content (AvgIpc) is 1.40. The Morgan fingerprint density at radius 1 is 0.299 bits per heavy atom. The average molecular weight is 2110 g/mol. The summed E-state index contributed by atoms with van der Waals surface area (Å²) in [6.07, 6.45) is -7.60. The number of carbonyl (C=O) groups excluding carboxylic acids is 8. The zero-order valence-electron chi connectivity index (χ0n) is 75.2. The van der Waals surface area contributed by atoms with Crippen molar-refractivity contribution >= 4 is 172 Å². The van der Waals surface area contributed by atoms with E-state index in [-0.39, 0.29) is 152 Å². The molecule has 4 saturated heterocycles. The predicted molar refractivity (Wildman–Crippen MR) is 451 cm³/mol. The second-order valence-electron chi connectivity index (χ2n) is 29.7. The van der Waals surface area contributed by atoms with Crippen LogP contribution in [-0.4, -0.2) is 302 Å². The van der Waals surface area contributed by atoms with Crippen molar-refractivity contribution in [2.24, 2.45) is 0 Å². The molecule has 4 fully saturated rings. The first-order chi connectivity index (χ1) is 60.9. The molecule has 40 nitrogen and oxygen atoms in total. The molecule has 0 radical (unpaired) electrons. The molecule has 0 saturated carbocycles. The van der Waals surface area contributed by atoms with Gasteiger partial charge in [0, 0.05) is 109 Å². The number of alkyl halides is 10. The van der Waals surface area contributed by atoms with Crippen LogP contribution < -0.4 is 85.4 Å². The third kappa shape index (κ3) is 25.1. The van der Waals surface area contributed by atoms with Crippen molar-refractivity contribution in [2.75, 3.05) is 77.4 Å². The molecule has 8 bridgehead atoms. The summed E-state index contributed by atoms with van der Waals surface area (Å²) in [4.78, 5) is 136. The number of unbranched alkanes of at least 4 members (excludes halogenated alkanes) is 4. The number of halogens is 10. The van der Waals surface area contributed by atoms with Crippen molar-refractivity contribution in [3.05, 3.63) is 97.1 Å². The van der Waals surface area contributed by atoms with Crippen molar-refractivity contribution in [2.45, 2.75) is 138 Å². The van der Waals surface area contributed by atoms with Gasteiger partial charge in [-0.1, -0.05) is 150 Å². The van der Waals surface area contributed by atoms with Crippen molar-refractivity contribution in [3.8, 4) is 45.6 Å². The number of sulfone groups is 4. The number of amides is 8. The summed E-state index contributed by atoms with van der Waals surface area (Å²) >= 11 is 0. The molecule has 6 aliphatic heterocycles. The van der Waals surface area contributed by atoms with Crippen molar-refractivity contribution in [1.82, 2.24) is 74.3 Å². The standard InChI is InChI=1S/C32H16N8.2C11H15F5N2O6S2.2C10H18N2O6S2.4Li.Ni/c1-2-10-18-17(9-1)25-33-26(18)38-28-21-13-5-6-14-22(21)30(35-28)40-32-24-16-8-7-15-23(24)31(36-32)39-29-20-12-4-3-11-19(20)27(34-29)37-25;2*1-3-4-5-17-8(19)7(25(2,21)22)9(20)18(26(17,23)24)6-10(12,13)11(14,15)16;2*1-4-6-7-12-10(14)8(19(3,15)16)9(13)11(5-2)20(12,17)18;;;;;/h1-16H;2*7H,3-6H2,1-2H3;2*8H,4-7H2,1-3H3;;;;;/q-2;;;;;4*+1;+2. The number of hydrogen-bond donors (Lipinski definition) is 0. The van der Waals surface area contributed by atoms with Gasteiger partial charge in [0.05, 0.1) is 23.3 Å². The number of hydrogen-bond acceptors (Lipinski definition) is 30. The van der Waals surface area contributed by atoms with Gasteiger partial charge >= 0.3 is 157 Å². The zero-order valence-corrected chi connectivity index (χ0v) is 82.7. The van der Waals surface area contributed by atoms with E-state index in [9.17, 15) is 150 Å². The number of aromatic nitrogens is 8. The Balaban J connectivity index is 0.000000365. The van der Waals surface area contributed by atoms with Crippen LogP contribution in [0.5, 0.6) is 0 Å². The Bertz CT molecular complexity index is 6430. The molecular weight excluding hydrogens is 2030 g/mol. The van der Waals surface area contributed by atoms with E-state index in [0.29, 0.717) is 101 Å². The van der Waals surface area contributed by atoms with Gasteiger partial charge in [0.1, 0.15) is 13.1 Å². The zero-order chi connectivity index (χ0) is 99.1. The topological polar surface area (TPSA) is 541 Å². The molecule has 8 amide bonds. The number of carbonyl (C=O) groups is 8. The quantitative estimate of drug-likeness (QED) is 0.0346. The summed E-state index contributed by atoms with van der Waals surface area (Å²) in [7, 11) is -36.7. The van der Waals surface area contributed by atoms with Gasteiger partial charge in [0.2, 0.25) is 21.0 Å². The van der Waals surface area contributed by atoms with Crippen LogP contribution in [0.2, 0.25) is 0 Å². The van der Waals surface area contributed by atoms with E-state index in [4.69, 9.17) is 39.9 Å². The third-order valence-corrected chi connectivity index (χ3v) is 32.4. The van der Waals surface area contributed by atoms with Crippen molar-refractivity contribution in [1.29, 1.82) is 0 Å². The van der Waals surface area contributed by atoms with Crippen molar-refractivity contribution in [3.63, 3.8) is 0 Å². The van der Waals surface area contributed by atoms with Crippen molar-refractivity contribution < 1.29 is 242 Å². The Morgan fingerprint density at radius 2 is 0.474 bits per heavy atom. The molecule has 4 aromatic carbocycles. The maximum absolute atomic E-state index is 13.3. The Labute approximate surface area is 838 Å². The second kappa shape index (κ2) is 45.8. The van der Waals surface area contributed by atoms with Gasteiger partial charge in [0.25, 0.3) is 47.3 Å². The number of benzene rings is 4. The first kappa shape index (κ1) is 121. The van der Waals surface area contributed by atoms with Crippen LogP contribution in [0.3, 0.4) is 0 Å². The van der Waals surface area contributed by atoms with E-state index in [1.165, 1.54) is 13.8 Å². The predicted octanol–water partition coefficient (Wildman–Crippen LogP) is -6.96. The molecule has 137 heavy (non-hydrogen) atoms. The summed E-state index contributed by atoms with van der Waals surface area (Å²) < 4.78 is 318. The summed E-state index contributed by atoms with van der Waals surface area (Å²) in [5, 5.41) is -5.80. The first-order valence-electron chi connectivity index (χ1n) is 39.2. The van der Waals surface area contributed by atoms with Crippen LogP contribution >= 0.6 is 0 Å². The van der Waals surface area contributed by atoms with Gasteiger partial charge in [-0.25, -0.2) is 78.1 Å². The van der Waals surface area contributed by atoms with Gasteiger partial charge in [0.15, 0.2) is 39.3 Å². The molecule has 9 heterocycles. The fourth-order valence-electron chi connectivity index (χ4n) is 13.4. The maximum Gasteiger partial charge on any atom is 2.00 e. The molecule has 0 aliphatic carbocycles. The van der Waals surface area contributed by atoms with Gasteiger partial charge in [-0.3, -0.25) is 38.4 Å². The minimum Gasteiger partial charge on any atom is -0.357 e. The van der Waals surface area contributed by atoms with Gasteiger partial charge in [-0.2, -0.15) is 77.6 Å². The fraction of sp³-hybridized carbons (Fsp3) is 0.459. The molecule has 13 rings (SSSR count). The summed E-state index contributed by atoms with van der Waals surface area (Å²) in [6.45, 7) is 2.13. The second-order valence-corrected chi connectivity index (χ2v) is 45.3. The maximum atomic E-state index is 13.3. The summed E-state index contributed by atoms with van der Waals surface area (Å²) in [6, 6.07) is 31.8. The van der Waals surface area contributed by atoms with E-state index in [1.807, 2.05) is 97.1 Å². The molecule has 0 spiro atoms. The minimum absolute atomic E-state index is 0. The Morgan fingerprint density at radius 3 is 0.650 bits per heavy atom. The molecule has 0 N–H and O–H groups in total. The molecule has 7 aromatic rings. The summed E-state index contributed by atoms with van der Waals surface area (Å²) in [5.74, 6) is -21.6. The van der Waals surface area contributed by atoms with Crippen LogP contribution in [0.1, 0.15) is 92.9 Å². The van der Waals surface area contributed by atoms with Gasteiger partial charge in [-0.05, 0) is 61.1 Å². The molecule has 63 heteroatoms. The first-order valence-corrected chi connectivity index (χ1v) is 52.6. The number of nitrogens with zero attached hydrogens (tertiary/aromatic N) is 16. The molecular formula is C74H82F10Li4N16NiO24S8+4. The normalized spacial score (nSPS) is 18.7. The molecule has 4 unspecified atom stereocenters. The minimum atomic E-state index is -6.20. The number of rotatable bonds is 22. The van der Waals surface area contributed by atoms with Crippen LogP contribution in [0.4, 0.5) is 43.9 Å². The largest absolute Gasteiger partial charge is 2.00 e. The monoisotopic (exact) mass is 2110 g/mol. The molecule has 730 valence electrons. The molecule has 4 atom stereocenters. The van der Waals surface area contributed by atoms with Gasteiger partial charge < -0.3 is 29.9 Å². The SMILES string of the molecule is CCCCN1C(=O)C(S(C)(=O)=O)C(=O)N(CC(F)(F)C(F)(F)F)S1(=O)=O.CCCCN1C(=O)C(S(C)(=O)=O)C(=O)N(CC(F)(F)C(F)(F)F)S1(=O)=O.CCCCN1C(=O)C(S(C)(=O)=O)C(=O)N(CC)S1(=O)=O.CCCCN1C(=O)C(S(C)(=O)=O)C(=O)N(CC)S1(=O)=O.[Li+].[Li+].[Li+].[Li+].[Ni+2].c1ccc2c(c1)-c1nc-2nc2[n-]c(nc3nc(nc4[n-]c(n1)c1ccccc41)-c1ccccc1-3)c1ccccc21. The van der Waals surface area contributed by atoms with Crippen LogP contribution in [0, 0.1) is 0 Å². The van der Waals surface area contributed by atoms with E-state index in [0.717, 1.165) is 56.3 Å².